The van der Waals surface area contributed by atoms with Crippen molar-refractivity contribution in [1.82, 2.24) is 19.9 Å². The van der Waals surface area contributed by atoms with E-state index in [1.165, 1.54) is 0 Å². The van der Waals surface area contributed by atoms with E-state index in [0.717, 1.165) is 35.1 Å². The summed E-state index contributed by atoms with van der Waals surface area (Å²) in [5.74, 6) is -1.48. The second-order valence-corrected chi connectivity index (χ2v) is 9.27. The van der Waals surface area contributed by atoms with Crippen molar-refractivity contribution in [3.8, 4) is 0 Å². The van der Waals surface area contributed by atoms with E-state index >= 15 is 0 Å². The number of carboxylic acid groups (broad SMARTS) is 1. The minimum atomic E-state index is -1.06. The van der Waals surface area contributed by atoms with E-state index in [1.54, 1.807) is 6.33 Å². The van der Waals surface area contributed by atoms with E-state index in [-0.39, 0.29) is 18.2 Å². The molecule has 4 aromatic rings. The highest BCUT2D eigenvalue weighted by Crippen LogP contribution is 2.29. The summed E-state index contributed by atoms with van der Waals surface area (Å²) in [7, 11) is 0. The van der Waals surface area contributed by atoms with Gasteiger partial charge in [0.2, 0.25) is 5.91 Å². The van der Waals surface area contributed by atoms with Gasteiger partial charge in [-0.3, -0.25) is 9.78 Å². The number of fused-ring (bicyclic) bond motifs is 1. The highest BCUT2D eigenvalue weighted by Gasteiger charge is 2.29. The fourth-order valence-electron chi connectivity index (χ4n) is 4.83. The van der Waals surface area contributed by atoms with Crippen molar-refractivity contribution >= 4 is 28.3 Å². The van der Waals surface area contributed by atoms with Crippen LogP contribution in [-0.4, -0.2) is 50.6 Å². The first kappa shape index (κ1) is 23.5. The Balaban J connectivity index is 1.18. The van der Waals surface area contributed by atoms with E-state index in [9.17, 15) is 14.7 Å². The lowest BCUT2D eigenvalue weighted by Gasteiger charge is -2.33. The number of nitrogens with one attached hydrogen (secondary N) is 1. The Bertz CT molecular complexity index is 1340. The molecule has 1 fully saturated rings. The number of imidazole rings is 1. The third kappa shape index (κ3) is 5.38. The van der Waals surface area contributed by atoms with Gasteiger partial charge in [0, 0.05) is 55.1 Å². The number of carbonyl (C=O) groups is 2. The standard InChI is InChI=1S/C28H29N5O3/c34-27(21-10-12-33(13-11-21)26-16-29-15-22-8-4-5-9-24(22)26)31-25(28(35)36)14-23-18-32(19-30-23)17-20-6-2-1-3-7-20/h1-9,15-16,18-19,21,25H,10-14,17H2,(H,31,34)(H,35,36)/t25-/m0/s1. The van der Waals surface area contributed by atoms with Crippen LogP contribution in [0.1, 0.15) is 24.1 Å². The second-order valence-electron chi connectivity index (χ2n) is 9.27. The Kier molecular flexibility index (Phi) is 6.93. The minimum absolute atomic E-state index is 0.142. The van der Waals surface area contributed by atoms with E-state index in [1.807, 2.05) is 71.7 Å². The van der Waals surface area contributed by atoms with Gasteiger partial charge < -0.3 is 19.9 Å². The van der Waals surface area contributed by atoms with Gasteiger partial charge in [-0.05, 0) is 18.4 Å². The molecule has 184 valence electrons. The Morgan fingerprint density at radius 2 is 1.78 bits per heavy atom. The van der Waals surface area contributed by atoms with E-state index in [2.05, 4.69) is 26.3 Å². The summed E-state index contributed by atoms with van der Waals surface area (Å²) in [5, 5.41) is 14.7. The predicted molar refractivity (Wildman–Crippen MR) is 138 cm³/mol. The smallest absolute Gasteiger partial charge is 0.326 e. The molecule has 0 bridgehead atoms. The number of pyridine rings is 1. The SMILES string of the molecule is O=C(N[C@@H](Cc1cn(Cc2ccccc2)cn1)C(=O)O)C1CCN(c2cncc3ccccc23)CC1. The van der Waals surface area contributed by atoms with Crippen LogP contribution in [0.2, 0.25) is 0 Å². The third-order valence-corrected chi connectivity index (χ3v) is 6.78. The van der Waals surface area contributed by atoms with Crippen molar-refractivity contribution in [2.75, 3.05) is 18.0 Å². The summed E-state index contributed by atoms with van der Waals surface area (Å²) in [6, 6.07) is 17.1. The monoisotopic (exact) mass is 483 g/mol. The maximum absolute atomic E-state index is 13.0. The van der Waals surface area contributed by atoms with Gasteiger partial charge in [0.15, 0.2) is 0 Å². The predicted octanol–water partition coefficient (Wildman–Crippen LogP) is 3.51. The van der Waals surface area contributed by atoms with E-state index in [0.29, 0.717) is 25.1 Å². The van der Waals surface area contributed by atoms with Crippen molar-refractivity contribution in [3.05, 3.63) is 90.8 Å². The molecule has 2 N–H and O–H groups in total. The fraction of sp³-hybridized carbons (Fsp3) is 0.286. The zero-order valence-corrected chi connectivity index (χ0v) is 20.0. The molecular formula is C28H29N5O3. The average molecular weight is 484 g/mol. The number of aromatic nitrogens is 3. The summed E-state index contributed by atoms with van der Waals surface area (Å²) < 4.78 is 1.92. The molecule has 8 nitrogen and oxygen atoms in total. The average Bonchev–Trinajstić information content (AvgIpc) is 3.35. The van der Waals surface area contributed by atoms with E-state index < -0.39 is 12.0 Å². The molecule has 3 heterocycles. The van der Waals surface area contributed by atoms with Crippen molar-refractivity contribution in [2.24, 2.45) is 5.92 Å². The summed E-state index contributed by atoms with van der Waals surface area (Å²) in [6.45, 7) is 2.09. The van der Waals surface area contributed by atoms with Gasteiger partial charge in [0.1, 0.15) is 6.04 Å². The van der Waals surface area contributed by atoms with Crippen molar-refractivity contribution in [1.29, 1.82) is 0 Å². The molecular weight excluding hydrogens is 454 g/mol. The number of nitrogens with zero attached hydrogens (tertiary/aromatic N) is 4. The Labute approximate surface area is 209 Å². The molecule has 5 rings (SSSR count). The molecule has 1 aliphatic rings. The molecule has 0 unspecified atom stereocenters. The molecule has 0 saturated carbocycles. The van der Waals surface area contributed by atoms with Gasteiger partial charge in [-0.2, -0.15) is 0 Å². The highest BCUT2D eigenvalue weighted by molar-refractivity contribution is 5.93. The zero-order chi connectivity index (χ0) is 24.9. The van der Waals surface area contributed by atoms with Crippen LogP contribution in [0.3, 0.4) is 0 Å². The summed E-state index contributed by atoms with van der Waals surface area (Å²) in [5.41, 5.74) is 2.84. The van der Waals surface area contributed by atoms with Gasteiger partial charge in [0.25, 0.3) is 0 Å². The topological polar surface area (TPSA) is 100 Å². The lowest BCUT2D eigenvalue weighted by atomic mass is 9.94. The maximum Gasteiger partial charge on any atom is 0.326 e. The first-order valence-corrected chi connectivity index (χ1v) is 12.2. The zero-order valence-electron chi connectivity index (χ0n) is 20.0. The quantitative estimate of drug-likeness (QED) is 0.398. The Morgan fingerprint density at radius 1 is 1.03 bits per heavy atom. The molecule has 1 amide bonds. The van der Waals surface area contributed by atoms with Crippen LogP contribution in [0, 0.1) is 5.92 Å². The summed E-state index contributed by atoms with van der Waals surface area (Å²) in [6.07, 6.45) is 8.73. The number of hydrogen-bond acceptors (Lipinski definition) is 5. The number of anilines is 1. The largest absolute Gasteiger partial charge is 0.480 e. The van der Waals surface area contributed by atoms with Crippen LogP contribution >= 0.6 is 0 Å². The van der Waals surface area contributed by atoms with Gasteiger partial charge >= 0.3 is 5.97 Å². The molecule has 36 heavy (non-hydrogen) atoms. The number of hydrogen-bond donors (Lipinski definition) is 2. The van der Waals surface area contributed by atoms with E-state index in [4.69, 9.17) is 0 Å². The number of carboxylic acids is 1. The Hall–Kier alpha value is -4.20. The molecule has 2 aromatic heterocycles. The molecule has 0 aliphatic carbocycles. The normalized spacial score (nSPS) is 15.1. The molecule has 1 aliphatic heterocycles. The first-order valence-electron chi connectivity index (χ1n) is 12.2. The van der Waals surface area contributed by atoms with Crippen molar-refractivity contribution < 1.29 is 14.7 Å². The number of piperidine rings is 1. The minimum Gasteiger partial charge on any atom is -0.480 e. The van der Waals surface area contributed by atoms with Crippen LogP contribution in [0.4, 0.5) is 5.69 Å². The third-order valence-electron chi connectivity index (χ3n) is 6.78. The van der Waals surface area contributed by atoms with Gasteiger partial charge in [0.05, 0.1) is 23.9 Å². The van der Waals surface area contributed by atoms with Crippen molar-refractivity contribution in [3.63, 3.8) is 0 Å². The van der Waals surface area contributed by atoms with Gasteiger partial charge in [-0.15, -0.1) is 0 Å². The number of aliphatic carboxylic acids is 1. The summed E-state index contributed by atoms with van der Waals surface area (Å²) >= 11 is 0. The van der Waals surface area contributed by atoms with Crippen LogP contribution in [0.5, 0.6) is 0 Å². The van der Waals surface area contributed by atoms with Crippen LogP contribution in [0.15, 0.2) is 79.5 Å². The van der Waals surface area contributed by atoms with Crippen LogP contribution in [0.25, 0.3) is 10.8 Å². The molecule has 8 heteroatoms. The molecule has 0 radical (unpaired) electrons. The lowest BCUT2D eigenvalue weighted by molar-refractivity contribution is -0.142. The fourth-order valence-corrected chi connectivity index (χ4v) is 4.83. The number of rotatable bonds is 8. The first-order chi connectivity index (χ1) is 17.6. The molecule has 1 saturated heterocycles. The van der Waals surface area contributed by atoms with Crippen LogP contribution < -0.4 is 10.2 Å². The number of carbonyl (C=O) groups excluding carboxylic acids is 1. The lowest BCUT2D eigenvalue weighted by Crippen LogP contribution is -2.47. The molecule has 2 aromatic carbocycles. The maximum atomic E-state index is 13.0. The Morgan fingerprint density at radius 3 is 2.56 bits per heavy atom. The summed E-state index contributed by atoms with van der Waals surface area (Å²) in [4.78, 5) is 35.9. The second kappa shape index (κ2) is 10.6. The van der Waals surface area contributed by atoms with Crippen molar-refractivity contribution in [2.45, 2.75) is 31.8 Å². The van der Waals surface area contributed by atoms with Crippen LogP contribution in [-0.2, 0) is 22.6 Å². The van der Waals surface area contributed by atoms with Gasteiger partial charge in [-0.25, -0.2) is 9.78 Å². The number of benzene rings is 2. The van der Waals surface area contributed by atoms with Gasteiger partial charge in [-0.1, -0.05) is 54.6 Å². The molecule has 1 atom stereocenters. The highest BCUT2D eigenvalue weighted by atomic mass is 16.4. The number of amides is 1. The molecule has 0 spiro atoms.